The van der Waals surface area contributed by atoms with Gasteiger partial charge < -0.3 is 19.1 Å². The SMILES string of the molecule is Bc1c(C(OC(C)(C)C)C(=O)OC)ccc2c1C(=O)N(Cc1ccccc1)CCO2. The van der Waals surface area contributed by atoms with Gasteiger partial charge in [0.05, 0.1) is 24.8 Å². The molecule has 158 valence electrons. The van der Waals surface area contributed by atoms with Crippen molar-refractivity contribution in [1.29, 1.82) is 0 Å². The lowest BCUT2D eigenvalue weighted by molar-refractivity contribution is -0.164. The van der Waals surface area contributed by atoms with E-state index in [4.69, 9.17) is 14.2 Å². The van der Waals surface area contributed by atoms with Crippen LogP contribution in [0.5, 0.6) is 5.75 Å². The second-order valence-corrected chi connectivity index (χ2v) is 8.35. The molecule has 3 rings (SSSR count). The van der Waals surface area contributed by atoms with E-state index < -0.39 is 17.7 Å². The molecule has 0 aromatic heterocycles. The van der Waals surface area contributed by atoms with Crippen LogP contribution in [-0.4, -0.2) is 50.5 Å². The fourth-order valence-electron chi connectivity index (χ4n) is 3.55. The Morgan fingerprint density at radius 1 is 1.20 bits per heavy atom. The molecule has 1 amide bonds. The van der Waals surface area contributed by atoms with Crippen LogP contribution < -0.4 is 10.2 Å². The number of nitrogens with zero attached hydrogens (tertiary/aromatic N) is 1. The molecule has 6 nitrogen and oxygen atoms in total. The molecule has 1 aliphatic heterocycles. The molecule has 0 saturated carbocycles. The van der Waals surface area contributed by atoms with E-state index in [2.05, 4.69) is 0 Å². The molecule has 2 aromatic rings. The van der Waals surface area contributed by atoms with E-state index in [9.17, 15) is 9.59 Å². The number of rotatable bonds is 5. The van der Waals surface area contributed by atoms with Crippen LogP contribution in [0.25, 0.3) is 0 Å². The van der Waals surface area contributed by atoms with Gasteiger partial charge in [0.15, 0.2) is 6.10 Å². The Hall–Kier alpha value is -2.80. The monoisotopic (exact) mass is 409 g/mol. The summed E-state index contributed by atoms with van der Waals surface area (Å²) in [4.78, 5) is 27.7. The van der Waals surface area contributed by atoms with Gasteiger partial charge in [0.2, 0.25) is 0 Å². The summed E-state index contributed by atoms with van der Waals surface area (Å²) in [6.07, 6.45) is -0.932. The van der Waals surface area contributed by atoms with Gasteiger partial charge in [-0.25, -0.2) is 4.79 Å². The lowest BCUT2D eigenvalue weighted by Gasteiger charge is -2.28. The van der Waals surface area contributed by atoms with Crippen LogP contribution in [0.4, 0.5) is 0 Å². The van der Waals surface area contributed by atoms with E-state index in [1.54, 1.807) is 17.0 Å². The van der Waals surface area contributed by atoms with Gasteiger partial charge in [-0.15, -0.1) is 0 Å². The summed E-state index contributed by atoms with van der Waals surface area (Å²) in [6, 6.07) is 13.4. The van der Waals surface area contributed by atoms with Gasteiger partial charge in [-0.3, -0.25) is 4.79 Å². The minimum absolute atomic E-state index is 0.120. The van der Waals surface area contributed by atoms with Crippen molar-refractivity contribution >= 4 is 25.2 Å². The maximum absolute atomic E-state index is 13.5. The van der Waals surface area contributed by atoms with Crippen LogP contribution in [0.15, 0.2) is 42.5 Å². The zero-order valence-corrected chi connectivity index (χ0v) is 18.2. The highest BCUT2D eigenvalue weighted by Crippen LogP contribution is 2.29. The van der Waals surface area contributed by atoms with Gasteiger partial charge >= 0.3 is 5.97 Å². The molecule has 1 aliphatic rings. The maximum atomic E-state index is 13.5. The van der Waals surface area contributed by atoms with Crippen LogP contribution in [0.3, 0.4) is 0 Å². The van der Waals surface area contributed by atoms with Crippen LogP contribution in [-0.2, 0) is 20.8 Å². The summed E-state index contributed by atoms with van der Waals surface area (Å²) in [7, 11) is 3.15. The van der Waals surface area contributed by atoms with Crippen molar-refractivity contribution in [3.8, 4) is 5.75 Å². The molecule has 0 saturated heterocycles. The van der Waals surface area contributed by atoms with E-state index in [1.165, 1.54) is 7.11 Å². The molecule has 30 heavy (non-hydrogen) atoms. The zero-order chi connectivity index (χ0) is 21.9. The molecule has 2 aromatic carbocycles. The van der Waals surface area contributed by atoms with E-state index in [-0.39, 0.29) is 5.91 Å². The molecule has 0 bridgehead atoms. The molecule has 1 atom stereocenters. The molecular weight excluding hydrogens is 381 g/mol. The molecule has 0 radical (unpaired) electrons. The number of benzene rings is 2. The predicted molar refractivity (Wildman–Crippen MR) is 117 cm³/mol. The Balaban J connectivity index is 2.00. The summed E-state index contributed by atoms with van der Waals surface area (Å²) in [5, 5.41) is 0. The number of hydrogen-bond donors (Lipinski definition) is 0. The van der Waals surface area contributed by atoms with Crippen molar-refractivity contribution in [3.63, 3.8) is 0 Å². The van der Waals surface area contributed by atoms with Crippen molar-refractivity contribution in [2.45, 2.75) is 39.0 Å². The van der Waals surface area contributed by atoms with Crippen molar-refractivity contribution < 1.29 is 23.8 Å². The van der Waals surface area contributed by atoms with Crippen molar-refractivity contribution in [2.75, 3.05) is 20.3 Å². The largest absolute Gasteiger partial charge is 0.491 e. The van der Waals surface area contributed by atoms with E-state index in [0.717, 1.165) is 5.56 Å². The first kappa shape index (κ1) is 21.9. The normalized spacial score (nSPS) is 15.1. The third-order valence-electron chi connectivity index (χ3n) is 4.97. The number of amides is 1. The summed E-state index contributed by atoms with van der Waals surface area (Å²) in [5.41, 5.74) is 2.21. The van der Waals surface area contributed by atoms with Crippen LogP contribution >= 0.6 is 0 Å². The lowest BCUT2D eigenvalue weighted by atomic mass is 9.82. The minimum Gasteiger partial charge on any atom is -0.491 e. The fraction of sp³-hybridized carbons (Fsp3) is 0.391. The van der Waals surface area contributed by atoms with Gasteiger partial charge in [0.1, 0.15) is 20.2 Å². The van der Waals surface area contributed by atoms with Gasteiger partial charge in [-0.1, -0.05) is 41.9 Å². The Labute approximate surface area is 178 Å². The van der Waals surface area contributed by atoms with Crippen molar-refractivity contribution in [2.24, 2.45) is 0 Å². The summed E-state index contributed by atoms with van der Waals surface area (Å²) in [5.74, 6) is -0.0997. The highest BCUT2D eigenvalue weighted by atomic mass is 16.6. The number of ether oxygens (including phenoxy) is 3. The Kier molecular flexibility index (Phi) is 6.51. The zero-order valence-electron chi connectivity index (χ0n) is 18.2. The Morgan fingerprint density at radius 3 is 2.53 bits per heavy atom. The topological polar surface area (TPSA) is 65.1 Å². The van der Waals surface area contributed by atoms with Gasteiger partial charge in [-0.05, 0) is 38.0 Å². The first-order chi connectivity index (χ1) is 14.2. The van der Waals surface area contributed by atoms with Crippen LogP contribution in [0.2, 0.25) is 0 Å². The van der Waals surface area contributed by atoms with E-state index in [1.807, 2.05) is 58.9 Å². The minimum atomic E-state index is -0.932. The average Bonchev–Trinajstić information content (AvgIpc) is 2.86. The quantitative estimate of drug-likeness (QED) is 0.559. The standard InChI is InChI=1S/C23H28BNO5/c1-23(2,3)30-20(22(27)28-4)16-10-11-17-18(19(16)24)21(26)25(12-13-29-17)14-15-8-6-5-7-9-15/h5-11,20H,12-14,24H2,1-4H3. The van der Waals surface area contributed by atoms with Gasteiger partial charge in [-0.2, -0.15) is 0 Å². The molecule has 7 heteroatoms. The molecule has 0 aliphatic carbocycles. The highest BCUT2D eigenvalue weighted by molar-refractivity contribution is 6.38. The van der Waals surface area contributed by atoms with Crippen LogP contribution in [0.1, 0.15) is 48.4 Å². The smallest absolute Gasteiger partial charge is 0.339 e. The number of carbonyl (C=O) groups is 2. The lowest BCUT2D eigenvalue weighted by Crippen LogP contribution is -2.37. The number of hydrogen-bond acceptors (Lipinski definition) is 5. The summed E-state index contributed by atoms with van der Waals surface area (Å²) < 4.78 is 16.8. The van der Waals surface area contributed by atoms with E-state index in [0.29, 0.717) is 42.0 Å². The van der Waals surface area contributed by atoms with Crippen LogP contribution in [0, 0.1) is 0 Å². The number of esters is 1. The molecular formula is C23H28BNO5. The molecule has 1 unspecified atom stereocenters. The Bertz CT molecular complexity index is 923. The third kappa shape index (κ3) is 4.85. The number of carbonyl (C=O) groups excluding carboxylic acids is 2. The highest BCUT2D eigenvalue weighted by Gasteiger charge is 2.33. The maximum Gasteiger partial charge on any atom is 0.339 e. The van der Waals surface area contributed by atoms with E-state index >= 15 is 0 Å². The van der Waals surface area contributed by atoms with Crippen molar-refractivity contribution in [1.82, 2.24) is 4.90 Å². The Morgan fingerprint density at radius 2 is 1.90 bits per heavy atom. The fourth-order valence-corrected chi connectivity index (χ4v) is 3.55. The summed E-state index contributed by atoms with van der Waals surface area (Å²) in [6.45, 7) is 7.00. The molecule has 0 fully saturated rings. The number of methoxy groups -OCH3 is 1. The second-order valence-electron chi connectivity index (χ2n) is 8.35. The predicted octanol–water partition coefficient (Wildman–Crippen LogP) is 2.01. The average molecular weight is 409 g/mol. The van der Waals surface area contributed by atoms with Gasteiger partial charge in [0.25, 0.3) is 5.91 Å². The first-order valence-electron chi connectivity index (χ1n) is 10.1. The number of fused-ring (bicyclic) bond motifs is 1. The van der Waals surface area contributed by atoms with Gasteiger partial charge in [0, 0.05) is 6.54 Å². The first-order valence-corrected chi connectivity index (χ1v) is 10.1. The molecule has 1 heterocycles. The second kappa shape index (κ2) is 8.92. The molecule has 0 spiro atoms. The third-order valence-corrected chi connectivity index (χ3v) is 4.97. The summed E-state index contributed by atoms with van der Waals surface area (Å²) >= 11 is 0. The molecule has 0 N–H and O–H groups in total. The van der Waals surface area contributed by atoms with Crippen molar-refractivity contribution in [3.05, 3.63) is 59.2 Å².